The van der Waals surface area contributed by atoms with Gasteiger partial charge in [0.2, 0.25) is 0 Å². The summed E-state index contributed by atoms with van der Waals surface area (Å²) in [6, 6.07) is 4.87. The van der Waals surface area contributed by atoms with E-state index in [-0.39, 0.29) is 11.9 Å². The van der Waals surface area contributed by atoms with Gasteiger partial charge in [-0.1, -0.05) is 6.07 Å². The molecule has 2 N–H and O–H groups in total. The van der Waals surface area contributed by atoms with E-state index in [1.54, 1.807) is 12.1 Å². The Bertz CT molecular complexity index is 361. The first-order chi connectivity index (χ1) is 7.65. The Labute approximate surface area is 95.5 Å². The molecule has 2 nitrogen and oxygen atoms in total. The normalized spacial score (nSPS) is 24.2. The molecule has 0 unspecified atom stereocenters. The molecule has 0 spiro atoms. The van der Waals surface area contributed by atoms with Gasteiger partial charge in [0.15, 0.2) is 0 Å². The van der Waals surface area contributed by atoms with Gasteiger partial charge in [0, 0.05) is 6.54 Å². The molecule has 1 aliphatic carbocycles. The van der Waals surface area contributed by atoms with E-state index in [2.05, 4.69) is 5.32 Å². The van der Waals surface area contributed by atoms with Gasteiger partial charge in [0.25, 0.3) is 0 Å². The average Bonchev–Trinajstić information content (AvgIpc) is 2.20. The molecule has 16 heavy (non-hydrogen) atoms. The van der Waals surface area contributed by atoms with E-state index < -0.39 is 0 Å². The second-order valence-electron chi connectivity index (χ2n) is 4.69. The van der Waals surface area contributed by atoms with Gasteiger partial charge in [-0.3, -0.25) is 0 Å². The summed E-state index contributed by atoms with van der Waals surface area (Å²) in [7, 11) is 0. The topological polar surface area (TPSA) is 32.3 Å². The van der Waals surface area contributed by atoms with Crippen LogP contribution in [-0.2, 0) is 6.54 Å². The molecule has 1 saturated carbocycles. The molecule has 0 radical (unpaired) electrons. The lowest BCUT2D eigenvalue weighted by Gasteiger charge is -2.31. The van der Waals surface area contributed by atoms with Crippen LogP contribution in [0, 0.1) is 18.7 Å². The van der Waals surface area contributed by atoms with Crippen LogP contribution >= 0.6 is 0 Å². The van der Waals surface area contributed by atoms with Crippen molar-refractivity contribution >= 4 is 0 Å². The van der Waals surface area contributed by atoms with Crippen LogP contribution in [0.3, 0.4) is 0 Å². The number of hydrogen-bond acceptors (Lipinski definition) is 2. The predicted octanol–water partition coefficient (Wildman–Crippen LogP) is 1.99. The molecule has 3 heteroatoms. The standard InChI is InChI=1S/C13H18FNO/c1-9-2-3-12(14)6-11(9)8-15-7-10-4-13(16)5-10/h2-3,6,10,13,15-16H,4-5,7-8H2,1H3. The maximum absolute atomic E-state index is 13.0. The Kier molecular flexibility index (Phi) is 3.56. The Morgan fingerprint density at radius 2 is 2.19 bits per heavy atom. The van der Waals surface area contributed by atoms with Crippen molar-refractivity contribution < 1.29 is 9.50 Å². The third kappa shape index (κ3) is 2.80. The smallest absolute Gasteiger partial charge is 0.123 e. The maximum atomic E-state index is 13.0. The number of aliphatic hydroxyl groups excluding tert-OH is 1. The quantitative estimate of drug-likeness (QED) is 0.818. The minimum Gasteiger partial charge on any atom is -0.393 e. The van der Waals surface area contributed by atoms with Gasteiger partial charge in [-0.25, -0.2) is 4.39 Å². The maximum Gasteiger partial charge on any atom is 0.123 e. The molecule has 1 aromatic rings. The van der Waals surface area contributed by atoms with E-state index >= 15 is 0 Å². The molecular formula is C13H18FNO. The van der Waals surface area contributed by atoms with Crippen LogP contribution in [0.5, 0.6) is 0 Å². The fraction of sp³-hybridized carbons (Fsp3) is 0.538. The van der Waals surface area contributed by atoms with E-state index in [0.29, 0.717) is 12.5 Å². The third-order valence-corrected chi connectivity index (χ3v) is 3.27. The highest BCUT2D eigenvalue weighted by atomic mass is 19.1. The van der Waals surface area contributed by atoms with Crippen molar-refractivity contribution in [2.24, 2.45) is 5.92 Å². The van der Waals surface area contributed by atoms with Crippen LogP contribution in [0.25, 0.3) is 0 Å². The zero-order valence-electron chi connectivity index (χ0n) is 9.54. The SMILES string of the molecule is Cc1ccc(F)cc1CNCC1CC(O)C1. The molecule has 2 rings (SSSR count). The predicted molar refractivity (Wildman–Crippen MR) is 61.6 cm³/mol. The monoisotopic (exact) mass is 223 g/mol. The molecule has 0 saturated heterocycles. The zero-order chi connectivity index (χ0) is 11.5. The summed E-state index contributed by atoms with van der Waals surface area (Å²) < 4.78 is 13.0. The number of nitrogens with one attached hydrogen (secondary N) is 1. The number of benzene rings is 1. The molecule has 0 aromatic heterocycles. The van der Waals surface area contributed by atoms with Crippen molar-refractivity contribution in [3.63, 3.8) is 0 Å². The van der Waals surface area contributed by atoms with E-state index in [1.807, 2.05) is 6.92 Å². The zero-order valence-corrected chi connectivity index (χ0v) is 9.54. The summed E-state index contributed by atoms with van der Waals surface area (Å²) in [6.07, 6.45) is 1.70. The van der Waals surface area contributed by atoms with Crippen LogP contribution < -0.4 is 5.32 Å². The largest absolute Gasteiger partial charge is 0.393 e. The second-order valence-corrected chi connectivity index (χ2v) is 4.69. The molecule has 0 atom stereocenters. The molecule has 0 amide bonds. The van der Waals surface area contributed by atoms with Crippen LogP contribution in [0.1, 0.15) is 24.0 Å². The van der Waals surface area contributed by atoms with E-state index in [9.17, 15) is 4.39 Å². The highest BCUT2D eigenvalue weighted by Crippen LogP contribution is 2.26. The van der Waals surface area contributed by atoms with Crippen molar-refractivity contribution in [2.45, 2.75) is 32.4 Å². The van der Waals surface area contributed by atoms with Gasteiger partial charge in [-0.2, -0.15) is 0 Å². The van der Waals surface area contributed by atoms with Crippen molar-refractivity contribution in [1.29, 1.82) is 0 Å². The molecule has 0 heterocycles. The fourth-order valence-corrected chi connectivity index (χ4v) is 2.11. The highest BCUT2D eigenvalue weighted by Gasteiger charge is 2.26. The lowest BCUT2D eigenvalue weighted by Crippen LogP contribution is -2.35. The number of hydrogen-bond donors (Lipinski definition) is 2. The Balaban J connectivity index is 1.78. The average molecular weight is 223 g/mol. The summed E-state index contributed by atoms with van der Waals surface area (Å²) in [5, 5.41) is 12.5. The Morgan fingerprint density at radius 1 is 1.44 bits per heavy atom. The lowest BCUT2D eigenvalue weighted by molar-refractivity contribution is 0.0429. The van der Waals surface area contributed by atoms with Gasteiger partial charge in [0.1, 0.15) is 5.82 Å². The third-order valence-electron chi connectivity index (χ3n) is 3.27. The van der Waals surface area contributed by atoms with Crippen molar-refractivity contribution in [1.82, 2.24) is 5.32 Å². The summed E-state index contributed by atoms with van der Waals surface area (Å²) in [4.78, 5) is 0. The summed E-state index contributed by atoms with van der Waals surface area (Å²) >= 11 is 0. The van der Waals surface area contributed by atoms with E-state index in [4.69, 9.17) is 5.11 Å². The van der Waals surface area contributed by atoms with Gasteiger partial charge >= 0.3 is 0 Å². The Hall–Kier alpha value is -0.930. The van der Waals surface area contributed by atoms with Crippen molar-refractivity contribution in [3.8, 4) is 0 Å². The first-order valence-electron chi connectivity index (χ1n) is 5.79. The molecule has 0 aliphatic heterocycles. The van der Waals surface area contributed by atoms with Crippen LogP contribution in [-0.4, -0.2) is 17.8 Å². The Morgan fingerprint density at radius 3 is 2.88 bits per heavy atom. The number of aryl methyl sites for hydroxylation is 1. The molecule has 1 aliphatic rings. The van der Waals surface area contributed by atoms with Gasteiger partial charge < -0.3 is 10.4 Å². The summed E-state index contributed by atoms with van der Waals surface area (Å²) in [5.74, 6) is 0.408. The van der Waals surface area contributed by atoms with E-state index in [0.717, 1.165) is 30.5 Å². The molecule has 0 bridgehead atoms. The van der Waals surface area contributed by atoms with Crippen molar-refractivity contribution in [3.05, 3.63) is 35.1 Å². The van der Waals surface area contributed by atoms with Crippen LogP contribution in [0.4, 0.5) is 4.39 Å². The fourth-order valence-electron chi connectivity index (χ4n) is 2.11. The molecule has 88 valence electrons. The van der Waals surface area contributed by atoms with Gasteiger partial charge in [-0.05, 0) is 55.5 Å². The van der Waals surface area contributed by atoms with Gasteiger partial charge in [0.05, 0.1) is 6.10 Å². The van der Waals surface area contributed by atoms with Gasteiger partial charge in [-0.15, -0.1) is 0 Å². The first-order valence-corrected chi connectivity index (χ1v) is 5.79. The molecular weight excluding hydrogens is 205 g/mol. The van der Waals surface area contributed by atoms with Crippen LogP contribution in [0.15, 0.2) is 18.2 Å². The summed E-state index contributed by atoms with van der Waals surface area (Å²) in [6.45, 7) is 3.60. The first kappa shape index (κ1) is 11.6. The van der Waals surface area contributed by atoms with E-state index in [1.165, 1.54) is 6.07 Å². The molecule has 1 fully saturated rings. The highest BCUT2D eigenvalue weighted by molar-refractivity contribution is 5.26. The number of rotatable bonds is 4. The minimum atomic E-state index is -0.179. The van der Waals surface area contributed by atoms with Crippen molar-refractivity contribution in [2.75, 3.05) is 6.54 Å². The number of halogens is 1. The minimum absolute atomic E-state index is 0.0947. The second kappa shape index (κ2) is 4.93. The molecule has 1 aromatic carbocycles. The van der Waals surface area contributed by atoms with Crippen LogP contribution in [0.2, 0.25) is 0 Å². The lowest BCUT2D eigenvalue weighted by atomic mass is 9.82. The number of aliphatic hydroxyl groups is 1. The summed E-state index contributed by atoms with van der Waals surface area (Å²) in [5.41, 5.74) is 2.13.